The van der Waals surface area contributed by atoms with Crippen LogP contribution in [0.15, 0.2) is 33.4 Å². The molecule has 1 heterocycles. The van der Waals surface area contributed by atoms with E-state index in [-0.39, 0.29) is 11.3 Å². The number of benzene rings is 1. The summed E-state index contributed by atoms with van der Waals surface area (Å²) < 4.78 is 14.8. The molecule has 0 atom stereocenters. The number of ketones is 1. The maximum Gasteiger partial charge on any atom is 0.164 e. The van der Waals surface area contributed by atoms with Crippen LogP contribution in [0.25, 0.3) is 0 Å². The van der Waals surface area contributed by atoms with Crippen LogP contribution in [0.1, 0.15) is 22.8 Å². The largest absolute Gasteiger partial charge is 0.370 e. The Bertz CT molecular complexity index is 611. The van der Waals surface area contributed by atoms with E-state index in [2.05, 4.69) is 15.9 Å². The van der Waals surface area contributed by atoms with Crippen molar-refractivity contribution in [2.24, 2.45) is 0 Å². The molecule has 0 saturated carbocycles. The molecule has 0 radical (unpaired) electrons. The number of carbonyl (C=O) groups is 1. The Kier molecular flexibility index (Phi) is 4.37. The van der Waals surface area contributed by atoms with Crippen molar-refractivity contribution < 1.29 is 9.18 Å². The van der Waals surface area contributed by atoms with Crippen molar-refractivity contribution in [1.29, 1.82) is 0 Å². The number of halogens is 2. The van der Waals surface area contributed by atoms with Crippen LogP contribution in [-0.4, -0.2) is 12.8 Å². The SMILES string of the molecule is CC(=O)c1c(F)cccc1N(C)Cc1csc(Br)c1. The van der Waals surface area contributed by atoms with E-state index in [9.17, 15) is 9.18 Å². The van der Waals surface area contributed by atoms with Crippen LogP contribution in [0, 0.1) is 5.82 Å². The summed E-state index contributed by atoms with van der Waals surface area (Å²) in [4.78, 5) is 13.5. The average Bonchev–Trinajstić information content (AvgIpc) is 2.73. The topological polar surface area (TPSA) is 20.3 Å². The first-order valence-electron chi connectivity index (χ1n) is 5.72. The third kappa shape index (κ3) is 3.22. The summed E-state index contributed by atoms with van der Waals surface area (Å²) in [6, 6.07) is 6.72. The predicted molar refractivity (Wildman–Crippen MR) is 80.5 cm³/mol. The lowest BCUT2D eigenvalue weighted by atomic mass is 10.1. The van der Waals surface area contributed by atoms with Gasteiger partial charge in [-0.1, -0.05) is 6.07 Å². The Morgan fingerprint density at radius 3 is 2.79 bits per heavy atom. The normalized spacial score (nSPS) is 10.5. The summed E-state index contributed by atoms with van der Waals surface area (Å²) >= 11 is 5.02. The summed E-state index contributed by atoms with van der Waals surface area (Å²) in [5.74, 6) is -0.727. The Hall–Kier alpha value is -1.20. The molecule has 0 fully saturated rings. The molecular formula is C14H13BrFNOS. The summed E-state index contributed by atoms with van der Waals surface area (Å²) in [5, 5.41) is 2.04. The molecule has 0 unspecified atom stereocenters. The first-order valence-corrected chi connectivity index (χ1v) is 7.40. The molecule has 0 N–H and O–H groups in total. The number of thiophene rings is 1. The summed E-state index contributed by atoms with van der Waals surface area (Å²) in [6.45, 7) is 2.02. The molecule has 1 aromatic heterocycles. The minimum Gasteiger partial charge on any atom is -0.370 e. The predicted octanol–water partition coefficient (Wildman–Crippen LogP) is 4.49. The third-order valence-electron chi connectivity index (χ3n) is 2.80. The Balaban J connectivity index is 2.31. The number of Topliss-reactive ketones (excluding diaryl/α,β-unsaturated/α-hetero) is 1. The number of carbonyl (C=O) groups excluding carboxylic acids is 1. The smallest absolute Gasteiger partial charge is 0.164 e. The van der Waals surface area contributed by atoms with E-state index >= 15 is 0 Å². The molecule has 0 saturated heterocycles. The zero-order chi connectivity index (χ0) is 14.0. The Morgan fingerprint density at radius 1 is 1.47 bits per heavy atom. The van der Waals surface area contributed by atoms with Crippen LogP contribution >= 0.6 is 27.3 Å². The van der Waals surface area contributed by atoms with Crippen molar-refractivity contribution in [2.45, 2.75) is 13.5 Å². The molecule has 0 bridgehead atoms. The number of rotatable bonds is 4. The van der Waals surface area contributed by atoms with E-state index in [1.54, 1.807) is 23.5 Å². The summed E-state index contributed by atoms with van der Waals surface area (Å²) in [6.07, 6.45) is 0. The second-order valence-corrected chi connectivity index (χ2v) is 6.60. The quantitative estimate of drug-likeness (QED) is 0.763. The van der Waals surface area contributed by atoms with Crippen LogP contribution in [-0.2, 0) is 6.54 Å². The zero-order valence-electron chi connectivity index (χ0n) is 10.6. The van der Waals surface area contributed by atoms with Crippen LogP contribution in [0.4, 0.5) is 10.1 Å². The summed E-state index contributed by atoms with van der Waals surface area (Å²) in [5.41, 5.74) is 1.90. The number of hydrogen-bond donors (Lipinski definition) is 0. The van der Waals surface area contributed by atoms with Gasteiger partial charge in [0.25, 0.3) is 0 Å². The first-order chi connectivity index (χ1) is 8.99. The zero-order valence-corrected chi connectivity index (χ0v) is 13.0. The van der Waals surface area contributed by atoms with Crippen molar-refractivity contribution in [3.63, 3.8) is 0 Å². The van der Waals surface area contributed by atoms with Crippen molar-refractivity contribution in [3.8, 4) is 0 Å². The van der Waals surface area contributed by atoms with Gasteiger partial charge in [-0.25, -0.2) is 4.39 Å². The highest BCUT2D eigenvalue weighted by Crippen LogP contribution is 2.26. The summed E-state index contributed by atoms with van der Waals surface area (Å²) in [7, 11) is 1.85. The van der Waals surface area contributed by atoms with Gasteiger partial charge in [0.2, 0.25) is 0 Å². The highest BCUT2D eigenvalue weighted by atomic mass is 79.9. The van der Waals surface area contributed by atoms with Gasteiger partial charge >= 0.3 is 0 Å². The molecule has 0 amide bonds. The van der Waals surface area contributed by atoms with Crippen LogP contribution in [0.5, 0.6) is 0 Å². The van der Waals surface area contributed by atoms with Gasteiger partial charge in [-0.3, -0.25) is 4.79 Å². The van der Waals surface area contributed by atoms with Crippen molar-refractivity contribution in [1.82, 2.24) is 0 Å². The standard InChI is InChI=1S/C14H13BrFNOS/c1-9(18)14-11(16)4-3-5-12(14)17(2)7-10-6-13(15)19-8-10/h3-6,8H,7H2,1-2H3. The van der Waals surface area contributed by atoms with E-state index in [1.807, 2.05) is 23.4 Å². The number of hydrogen-bond acceptors (Lipinski definition) is 3. The van der Waals surface area contributed by atoms with E-state index in [0.717, 1.165) is 9.35 Å². The van der Waals surface area contributed by atoms with Crippen LogP contribution in [0.3, 0.4) is 0 Å². The lowest BCUT2D eigenvalue weighted by Gasteiger charge is -2.21. The molecular weight excluding hydrogens is 329 g/mol. The molecule has 2 rings (SSSR count). The van der Waals surface area contributed by atoms with Gasteiger partial charge in [0, 0.05) is 13.6 Å². The molecule has 5 heteroatoms. The lowest BCUT2D eigenvalue weighted by Crippen LogP contribution is -2.19. The van der Waals surface area contributed by atoms with Gasteiger partial charge < -0.3 is 4.90 Å². The van der Waals surface area contributed by atoms with Crippen molar-refractivity contribution >= 4 is 38.7 Å². The number of nitrogens with zero attached hydrogens (tertiary/aromatic N) is 1. The minimum atomic E-state index is -0.469. The van der Waals surface area contributed by atoms with E-state index in [0.29, 0.717) is 12.2 Å². The molecule has 2 aromatic rings. The second kappa shape index (κ2) is 5.84. The Labute approximate surface area is 124 Å². The van der Waals surface area contributed by atoms with Crippen LogP contribution in [0.2, 0.25) is 0 Å². The maximum absolute atomic E-state index is 13.8. The number of anilines is 1. The van der Waals surface area contributed by atoms with Gasteiger partial charge in [-0.15, -0.1) is 11.3 Å². The average molecular weight is 342 g/mol. The van der Waals surface area contributed by atoms with Gasteiger partial charge in [0.05, 0.1) is 15.0 Å². The monoisotopic (exact) mass is 341 g/mol. The minimum absolute atomic E-state index is 0.152. The molecule has 0 aliphatic carbocycles. The first kappa shape index (κ1) is 14.2. The van der Waals surface area contributed by atoms with E-state index in [1.165, 1.54) is 13.0 Å². The molecule has 100 valence electrons. The molecule has 2 nitrogen and oxygen atoms in total. The van der Waals surface area contributed by atoms with Crippen LogP contribution < -0.4 is 4.90 Å². The van der Waals surface area contributed by atoms with Crippen molar-refractivity contribution in [2.75, 3.05) is 11.9 Å². The fourth-order valence-corrected chi connectivity index (χ4v) is 3.17. The van der Waals surface area contributed by atoms with Gasteiger partial charge in [-0.2, -0.15) is 0 Å². The fraction of sp³-hybridized carbons (Fsp3) is 0.214. The van der Waals surface area contributed by atoms with Gasteiger partial charge in [0.15, 0.2) is 5.78 Å². The molecule has 19 heavy (non-hydrogen) atoms. The van der Waals surface area contributed by atoms with Gasteiger partial charge in [0.1, 0.15) is 5.82 Å². The molecule has 0 aliphatic heterocycles. The molecule has 1 aromatic carbocycles. The Morgan fingerprint density at radius 2 is 2.21 bits per heavy atom. The molecule has 0 spiro atoms. The fourth-order valence-electron chi connectivity index (χ4n) is 1.97. The highest BCUT2D eigenvalue weighted by Gasteiger charge is 2.16. The maximum atomic E-state index is 13.8. The van der Waals surface area contributed by atoms with E-state index in [4.69, 9.17) is 0 Å². The lowest BCUT2D eigenvalue weighted by molar-refractivity contribution is 0.101. The van der Waals surface area contributed by atoms with Gasteiger partial charge in [-0.05, 0) is 52.0 Å². The highest BCUT2D eigenvalue weighted by molar-refractivity contribution is 9.11. The van der Waals surface area contributed by atoms with E-state index < -0.39 is 5.82 Å². The third-order valence-corrected chi connectivity index (χ3v) is 4.35. The van der Waals surface area contributed by atoms with Crippen molar-refractivity contribution in [3.05, 3.63) is 50.4 Å². The second-order valence-electron chi connectivity index (χ2n) is 4.31. The molecule has 0 aliphatic rings.